The molecule has 16 heavy (non-hydrogen) atoms. The molecule has 4 nitrogen and oxygen atoms in total. The molecule has 2 aromatic rings. The molecule has 0 amide bonds. The van der Waals surface area contributed by atoms with Crippen molar-refractivity contribution >= 4 is 5.82 Å². The lowest BCUT2D eigenvalue weighted by Crippen LogP contribution is -2.11. The number of aromatic nitrogens is 3. The molecule has 4 heteroatoms. The van der Waals surface area contributed by atoms with E-state index >= 15 is 0 Å². The van der Waals surface area contributed by atoms with Crippen LogP contribution in [-0.2, 0) is 0 Å². The van der Waals surface area contributed by atoms with E-state index in [1.807, 2.05) is 30.3 Å². The fourth-order valence-corrected chi connectivity index (χ4v) is 1.36. The van der Waals surface area contributed by atoms with Crippen LogP contribution in [0.3, 0.4) is 0 Å². The number of nitrogens with zero attached hydrogens (tertiary/aromatic N) is 3. The predicted octanol–water partition coefficient (Wildman–Crippen LogP) is 2.36. The molecule has 0 aromatic carbocycles. The Bertz CT molecular complexity index is 436. The van der Waals surface area contributed by atoms with E-state index in [2.05, 4.69) is 34.3 Å². The quantitative estimate of drug-likeness (QED) is 0.852. The Labute approximate surface area is 94.8 Å². The highest BCUT2D eigenvalue weighted by molar-refractivity contribution is 5.54. The molecule has 0 radical (unpaired) electrons. The summed E-state index contributed by atoms with van der Waals surface area (Å²) in [6.07, 6.45) is 1.75. The number of hydrogen-bond donors (Lipinski definition) is 1. The highest BCUT2D eigenvalue weighted by atomic mass is 15.2. The number of rotatable bonds is 3. The Hall–Kier alpha value is -1.97. The molecule has 0 unspecified atom stereocenters. The molecule has 82 valence electrons. The van der Waals surface area contributed by atoms with Crippen molar-refractivity contribution in [2.75, 3.05) is 5.32 Å². The van der Waals surface area contributed by atoms with Crippen LogP contribution >= 0.6 is 0 Å². The Balaban J connectivity index is 2.20. The molecule has 0 spiro atoms. The van der Waals surface area contributed by atoms with Crippen molar-refractivity contribution in [3.05, 3.63) is 36.5 Å². The molecule has 2 aromatic heterocycles. The lowest BCUT2D eigenvalue weighted by atomic mass is 10.2. The van der Waals surface area contributed by atoms with Crippen molar-refractivity contribution in [3.63, 3.8) is 0 Å². The second kappa shape index (κ2) is 4.70. The summed E-state index contributed by atoms with van der Waals surface area (Å²) in [5.74, 6) is 0.787. The van der Waals surface area contributed by atoms with Crippen LogP contribution < -0.4 is 5.32 Å². The van der Waals surface area contributed by atoms with Crippen LogP contribution in [-0.4, -0.2) is 21.2 Å². The van der Waals surface area contributed by atoms with Gasteiger partial charge >= 0.3 is 0 Å². The minimum atomic E-state index is 0.356. The number of nitrogens with one attached hydrogen (secondary N) is 1. The molecule has 0 bridgehead atoms. The topological polar surface area (TPSA) is 50.7 Å². The van der Waals surface area contributed by atoms with E-state index in [1.54, 1.807) is 6.20 Å². The maximum atomic E-state index is 4.22. The molecule has 0 aliphatic carbocycles. The number of anilines is 1. The smallest absolute Gasteiger partial charge is 0.148 e. The first-order chi connectivity index (χ1) is 7.75. The summed E-state index contributed by atoms with van der Waals surface area (Å²) in [6, 6.07) is 9.92. The average molecular weight is 214 g/mol. The van der Waals surface area contributed by atoms with Crippen LogP contribution in [0.4, 0.5) is 5.82 Å². The molecule has 0 saturated carbocycles. The van der Waals surface area contributed by atoms with Crippen molar-refractivity contribution in [2.45, 2.75) is 19.9 Å². The summed E-state index contributed by atoms with van der Waals surface area (Å²) >= 11 is 0. The van der Waals surface area contributed by atoms with Crippen LogP contribution in [0.1, 0.15) is 13.8 Å². The molecular formula is C12H14N4. The minimum absolute atomic E-state index is 0.356. The molecule has 0 saturated heterocycles. The van der Waals surface area contributed by atoms with Crippen LogP contribution in [0.15, 0.2) is 36.5 Å². The maximum absolute atomic E-state index is 4.22. The molecule has 0 fully saturated rings. The first-order valence-electron chi connectivity index (χ1n) is 5.27. The van der Waals surface area contributed by atoms with Gasteiger partial charge in [-0.05, 0) is 38.1 Å². The standard InChI is InChI=1S/C12H14N4/c1-9(2)14-12-7-6-11(15-16-12)10-5-3-4-8-13-10/h3-9H,1-2H3,(H,14,16). The maximum Gasteiger partial charge on any atom is 0.148 e. The molecule has 0 atom stereocenters. The normalized spacial score (nSPS) is 10.4. The van der Waals surface area contributed by atoms with Gasteiger partial charge in [0.15, 0.2) is 0 Å². The third-order valence-electron chi connectivity index (χ3n) is 2.03. The third kappa shape index (κ3) is 2.53. The van der Waals surface area contributed by atoms with Gasteiger partial charge in [-0.3, -0.25) is 4.98 Å². The van der Waals surface area contributed by atoms with Gasteiger partial charge < -0.3 is 5.32 Å². The molecular weight excluding hydrogens is 200 g/mol. The summed E-state index contributed by atoms with van der Waals surface area (Å²) in [5.41, 5.74) is 1.63. The molecule has 2 heterocycles. The van der Waals surface area contributed by atoms with Gasteiger partial charge in [0.2, 0.25) is 0 Å². The van der Waals surface area contributed by atoms with Crippen molar-refractivity contribution in [1.29, 1.82) is 0 Å². The summed E-state index contributed by atoms with van der Waals surface area (Å²) < 4.78 is 0. The minimum Gasteiger partial charge on any atom is -0.366 e. The van der Waals surface area contributed by atoms with Gasteiger partial charge in [0.05, 0.1) is 5.69 Å². The van der Waals surface area contributed by atoms with Gasteiger partial charge in [-0.2, -0.15) is 0 Å². The second-order valence-electron chi connectivity index (χ2n) is 3.82. The van der Waals surface area contributed by atoms with Gasteiger partial charge in [0, 0.05) is 12.2 Å². The molecule has 0 aliphatic heterocycles. The largest absolute Gasteiger partial charge is 0.366 e. The van der Waals surface area contributed by atoms with Crippen molar-refractivity contribution in [3.8, 4) is 11.4 Å². The van der Waals surface area contributed by atoms with Crippen molar-refractivity contribution in [1.82, 2.24) is 15.2 Å². The van der Waals surface area contributed by atoms with E-state index in [0.29, 0.717) is 6.04 Å². The van der Waals surface area contributed by atoms with Gasteiger partial charge in [-0.1, -0.05) is 6.07 Å². The fourth-order valence-electron chi connectivity index (χ4n) is 1.36. The first-order valence-corrected chi connectivity index (χ1v) is 5.27. The Morgan fingerprint density at radius 3 is 2.44 bits per heavy atom. The lowest BCUT2D eigenvalue weighted by molar-refractivity contribution is 0.874. The molecule has 1 N–H and O–H groups in total. The monoisotopic (exact) mass is 214 g/mol. The van der Waals surface area contributed by atoms with E-state index in [4.69, 9.17) is 0 Å². The lowest BCUT2D eigenvalue weighted by Gasteiger charge is -2.07. The van der Waals surface area contributed by atoms with Crippen molar-refractivity contribution in [2.24, 2.45) is 0 Å². The van der Waals surface area contributed by atoms with Gasteiger partial charge in [-0.15, -0.1) is 10.2 Å². The van der Waals surface area contributed by atoms with E-state index < -0.39 is 0 Å². The zero-order valence-electron chi connectivity index (χ0n) is 9.38. The third-order valence-corrected chi connectivity index (χ3v) is 2.03. The highest BCUT2D eigenvalue weighted by Crippen LogP contribution is 2.13. The van der Waals surface area contributed by atoms with Crippen molar-refractivity contribution < 1.29 is 0 Å². The van der Waals surface area contributed by atoms with Gasteiger partial charge in [0.1, 0.15) is 11.5 Å². The summed E-state index contributed by atoms with van der Waals surface area (Å²) in [4.78, 5) is 4.22. The summed E-state index contributed by atoms with van der Waals surface area (Å²) in [7, 11) is 0. The SMILES string of the molecule is CC(C)Nc1ccc(-c2ccccn2)nn1. The van der Waals surface area contributed by atoms with Gasteiger partial charge in [0.25, 0.3) is 0 Å². The van der Waals surface area contributed by atoms with E-state index in [-0.39, 0.29) is 0 Å². The van der Waals surface area contributed by atoms with E-state index in [0.717, 1.165) is 17.2 Å². The van der Waals surface area contributed by atoms with Crippen LogP contribution in [0, 0.1) is 0 Å². The van der Waals surface area contributed by atoms with Gasteiger partial charge in [-0.25, -0.2) is 0 Å². The predicted molar refractivity (Wildman–Crippen MR) is 64.0 cm³/mol. The fraction of sp³-hybridized carbons (Fsp3) is 0.250. The molecule has 2 rings (SSSR count). The Kier molecular flexibility index (Phi) is 3.10. The highest BCUT2D eigenvalue weighted by Gasteiger charge is 2.01. The zero-order valence-corrected chi connectivity index (χ0v) is 9.38. The zero-order chi connectivity index (χ0) is 11.4. The van der Waals surface area contributed by atoms with Crippen LogP contribution in [0.2, 0.25) is 0 Å². The number of pyridine rings is 1. The summed E-state index contributed by atoms with van der Waals surface area (Å²) in [5, 5.41) is 11.4. The Morgan fingerprint density at radius 1 is 1.00 bits per heavy atom. The first kappa shape index (κ1) is 10.5. The Morgan fingerprint density at radius 2 is 1.88 bits per heavy atom. The van der Waals surface area contributed by atoms with Crippen LogP contribution in [0.5, 0.6) is 0 Å². The van der Waals surface area contributed by atoms with E-state index in [9.17, 15) is 0 Å². The molecule has 0 aliphatic rings. The van der Waals surface area contributed by atoms with E-state index in [1.165, 1.54) is 0 Å². The second-order valence-corrected chi connectivity index (χ2v) is 3.82. The number of hydrogen-bond acceptors (Lipinski definition) is 4. The average Bonchev–Trinajstić information content (AvgIpc) is 2.30. The summed E-state index contributed by atoms with van der Waals surface area (Å²) in [6.45, 7) is 4.13. The van der Waals surface area contributed by atoms with Crippen LogP contribution in [0.25, 0.3) is 11.4 Å².